The topological polar surface area (TPSA) is 92.4 Å². The minimum absolute atomic E-state index is 0.157. The third-order valence-electron chi connectivity index (χ3n) is 2.53. The maximum atomic E-state index is 11.2. The molecule has 0 saturated heterocycles. The first-order valence-electron chi connectivity index (χ1n) is 5.25. The normalized spacial score (nSPS) is 13.9. The van der Waals surface area contributed by atoms with Crippen LogP contribution in [0.25, 0.3) is 0 Å². The van der Waals surface area contributed by atoms with Gasteiger partial charge >= 0.3 is 5.97 Å². The number of carbonyl (C=O) groups is 2. The molecule has 0 aliphatic heterocycles. The molecule has 0 fully saturated rings. The van der Waals surface area contributed by atoms with Crippen molar-refractivity contribution < 1.29 is 14.7 Å². The number of hydrogen-bond donors (Lipinski definition) is 3. The Labute approximate surface area is 99.6 Å². The summed E-state index contributed by atoms with van der Waals surface area (Å²) in [5, 5.41) is 11.9. The standard InChI is InChI=1S/C12H16N2O3/c1-12(11(16)17,14-8-10(13)15)7-9-5-3-2-4-6-9/h2-6,14H,7-8H2,1H3,(H2,13,15)(H,16,17). The zero-order valence-corrected chi connectivity index (χ0v) is 9.64. The van der Waals surface area contributed by atoms with Crippen molar-refractivity contribution in [2.45, 2.75) is 18.9 Å². The van der Waals surface area contributed by atoms with Gasteiger partial charge in [-0.1, -0.05) is 30.3 Å². The van der Waals surface area contributed by atoms with E-state index in [9.17, 15) is 14.7 Å². The van der Waals surface area contributed by atoms with Crippen molar-refractivity contribution in [1.82, 2.24) is 5.32 Å². The highest BCUT2D eigenvalue weighted by Crippen LogP contribution is 2.13. The predicted molar refractivity (Wildman–Crippen MR) is 63.4 cm³/mol. The molecule has 0 saturated carbocycles. The van der Waals surface area contributed by atoms with E-state index < -0.39 is 17.4 Å². The molecule has 1 amide bonds. The molecule has 0 heterocycles. The SMILES string of the molecule is CC(Cc1ccccc1)(NCC(N)=O)C(=O)O. The zero-order valence-electron chi connectivity index (χ0n) is 9.64. The summed E-state index contributed by atoms with van der Waals surface area (Å²) >= 11 is 0. The number of amides is 1. The zero-order chi connectivity index (χ0) is 12.9. The smallest absolute Gasteiger partial charge is 0.323 e. The van der Waals surface area contributed by atoms with Gasteiger partial charge in [0, 0.05) is 6.42 Å². The molecule has 1 aromatic carbocycles. The van der Waals surface area contributed by atoms with Gasteiger partial charge in [0.25, 0.3) is 0 Å². The lowest BCUT2D eigenvalue weighted by atomic mass is 9.93. The van der Waals surface area contributed by atoms with E-state index in [4.69, 9.17) is 5.73 Å². The van der Waals surface area contributed by atoms with Crippen molar-refractivity contribution in [2.24, 2.45) is 5.73 Å². The first kappa shape index (κ1) is 13.2. The van der Waals surface area contributed by atoms with Crippen molar-refractivity contribution in [1.29, 1.82) is 0 Å². The number of carboxylic acid groups (broad SMARTS) is 1. The van der Waals surface area contributed by atoms with E-state index in [0.29, 0.717) is 0 Å². The molecule has 1 unspecified atom stereocenters. The Morgan fingerprint density at radius 2 is 1.94 bits per heavy atom. The van der Waals surface area contributed by atoms with E-state index in [0.717, 1.165) is 5.56 Å². The largest absolute Gasteiger partial charge is 0.480 e. The summed E-state index contributed by atoms with van der Waals surface area (Å²) in [6.07, 6.45) is 0.288. The van der Waals surface area contributed by atoms with Crippen LogP contribution in [0.5, 0.6) is 0 Å². The molecule has 0 spiro atoms. The average molecular weight is 236 g/mol. The fraction of sp³-hybridized carbons (Fsp3) is 0.333. The van der Waals surface area contributed by atoms with Crippen molar-refractivity contribution in [3.05, 3.63) is 35.9 Å². The lowest BCUT2D eigenvalue weighted by molar-refractivity contribution is -0.144. The monoisotopic (exact) mass is 236 g/mol. The van der Waals surface area contributed by atoms with Gasteiger partial charge in [-0.25, -0.2) is 0 Å². The predicted octanol–water partition coefficient (Wildman–Crippen LogP) is 0.147. The van der Waals surface area contributed by atoms with Crippen LogP contribution < -0.4 is 11.1 Å². The van der Waals surface area contributed by atoms with Crippen LogP contribution in [0.2, 0.25) is 0 Å². The number of nitrogens with one attached hydrogen (secondary N) is 1. The molecule has 92 valence electrons. The molecular formula is C12H16N2O3. The van der Waals surface area contributed by atoms with Gasteiger partial charge in [-0.2, -0.15) is 0 Å². The van der Waals surface area contributed by atoms with Gasteiger partial charge in [-0.05, 0) is 12.5 Å². The first-order chi connectivity index (χ1) is 7.94. The van der Waals surface area contributed by atoms with Crippen LogP contribution in [0, 0.1) is 0 Å². The molecule has 0 radical (unpaired) electrons. The Morgan fingerprint density at radius 3 is 2.41 bits per heavy atom. The molecule has 5 heteroatoms. The summed E-state index contributed by atoms with van der Waals surface area (Å²) < 4.78 is 0. The van der Waals surface area contributed by atoms with E-state index in [1.165, 1.54) is 6.92 Å². The highest BCUT2D eigenvalue weighted by molar-refractivity contribution is 5.81. The number of primary amides is 1. The Hall–Kier alpha value is -1.88. The van der Waals surface area contributed by atoms with Crippen LogP contribution in [0.1, 0.15) is 12.5 Å². The number of carboxylic acids is 1. The molecule has 0 aliphatic rings. The maximum Gasteiger partial charge on any atom is 0.323 e. The van der Waals surface area contributed by atoms with Crippen LogP contribution in [-0.4, -0.2) is 29.1 Å². The second-order valence-corrected chi connectivity index (χ2v) is 4.12. The lowest BCUT2D eigenvalue weighted by Gasteiger charge is -2.25. The summed E-state index contributed by atoms with van der Waals surface area (Å²) in [5.74, 6) is -1.59. The maximum absolute atomic E-state index is 11.2. The van der Waals surface area contributed by atoms with E-state index in [-0.39, 0.29) is 13.0 Å². The van der Waals surface area contributed by atoms with Gasteiger partial charge in [0.05, 0.1) is 6.54 Å². The Kier molecular flexibility index (Phi) is 4.23. The van der Waals surface area contributed by atoms with Crippen LogP contribution in [-0.2, 0) is 16.0 Å². The Bertz CT molecular complexity index is 405. The van der Waals surface area contributed by atoms with Crippen LogP contribution >= 0.6 is 0 Å². The summed E-state index contributed by atoms with van der Waals surface area (Å²) in [6, 6.07) is 9.22. The molecule has 0 aliphatic carbocycles. The van der Waals surface area contributed by atoms with Gasteiger partial charge in [0.1, 0.15) is 5.54 Å². The lowest BCUT2D eigenvalue weighted by Crippen LogP contribution is -2.53. The van der Waals surface area contributed by atoms with Gasteiger partial charge in [0.2, 0.25) is 5.91 Å². The summed E-state index contributed by atoms with van der Waals surface area (Å²) in [6.45, 7) is 1.38. The van der Waals surface area contributed by atoms with Gasteiger partial charge < -0.3 is 10.8 Å². The number of benzene rings is 1. The van der Waals surface area contributed by atoms with Crippen LogP contribution in [0.4, 0.5) is 0 Å². The van der Waals surface area contributed by atoms with Crippen molar-refractivity contribution in [3.63, 3.8) is 0 Å². The minimum Gasteiger partial charge on any atom is -0.480 e. The fourth-order valence-corrected chi connectivity index (χ4v) is 1.50. The van der Waals surface area contributed by atoms with E-state index in [1.54, 1.807) is 0 Å². The molecule has 0 bridgehead atoms. The quantitative estimate of drug-likeness (QED) is 0.655. The molecular weight excluding hydrogens is 220 g/mol. The second kappa shape index (κ2) is 5.45. The highest BCUT2D eigenvalue weighted by Gasteiger charge is 2.33. The average Bonchev–Trinajstić information content (AvgIpc) is 2.27. The molecule has 0 aromatic heterocycles. The molecule has 4 N–H and O–H groups in total. The second-order valence-electron chi connectivity index (χ2n) is 4.12. The van der Waals surface area contributed by atoms with Crippen molar-refractivity contribution in [2.75, 3.05) is 6.54 Å². The number of aliphatic carboxylic acids is 1. The number of carbonyl (C=O) groups excluding carboxylic acids is 1. The molecule has 1 aromatic rings. The molecule has 1 rings (SSSR count). The van der Waals surface area contributed by atoms with Gasteiger partial charge in [-0.3, -0.25) is 14.9 Å². The summed E-state index contributed by atoms with van der Waals surface area (Å²) in [5.41, 5.74) is 4.68. The third-order valence-corrected chi connectivity index (χ3v) is 2.53. The van der Waals surface area contributed by atoms with Crippen molar-refractivity contribution >= 4 is 11.9 Å². The third kappa shape index (κ3) is 3.88. The molecule has 17 heavy (non-hydrogen) atoms. The van der Waals surface area contributed by atoms with E-state index in [1.807, 2.05) is 30.3 Å². The van der Waals surface area contributed by atoms with Crippen molar-refractivity contribution in [3.8, 4) is 0 Å². The summed E-state index contributed by atoms with van der Waals surface area (Å²) in [7, 11) is 0. The number of hydrogen-bond acceptors (Lipinski definition) is 3. The fourth-order valence-electron chi connectivity index (χ4n) is 1.50. The minimum atomic E-state index is -1.20. The number of rotatable bonds is 6. The van der Waals surface area contributed by atoms with Crippen LogP contribution in [0.15, 0.2) is 30.3 Å². The van der Waals surface area contributed by atoms with Gasteiger partial charge in [0.15, 0.2) is 0 Å². The Balaban J connectivity index is 2.78. The Morgan fingerprint density at radius 1 is 1.35 bits per heavy atom. The first-order valence-corrected chi connectivity index (χ1v) is 5.25. The van der Waals surface area contributed by atoms with Gasteiger partial charge in [-0.15, -0.1) is 0 Å². The number of nitrogens with two attached hydrogens (primary N) is 1. The van der Waals surface area contributed by atoms with E-state index >= 15 is 0 Å². The van der Waals surface area contributed by atoms with Crippen LogP contribution in [0.3, 0.4) is 0 Å². The molecule has 5 nitrogen and oxygen atoms in total. The van der Waals surface area contributed by atoms with E-state index in [2.05, 4.69) is 5.32 Å². The summed E-state index contributed by atoms with van der Waals surface area (Å²) in [4.78, 5) is 21.9. The highest BCUT2D eigenvalue weighted by atomic mass is 16.4. The molecule has 1 atom stereocenters.